The van der Waals surface area contributed by atoms with E-state index in [-0.39, 0.29) is 17.7 Å². The maximum absolute atomic E-state index is 12.7. The van der Waals surface area contributed by atoms with E-state index in [2.05, 4.69) is 27.7 Å². The summed E-state index contributed by atoms with van der Waals surface area (Å²) in [7, 11) is 0. The molecule has 3 rings (SSSR count). The second-order valence-electron chi connectivity index (χ2n) is 6.89. The van der Waals surface area contributed by atoms with E-state index in [1.165, 1.54) is 5.69 Å². The number of carbonyl (C=O) groups is 2. The van der Waals surface area contributed by atoms with E-state index in [0.717, 1.165) is 32.4 Å². The van der Waals surface area contributed by atoms with E-state index in [1.807, 2.05) is 37.3 Å². The number of nitrogens with one attached hydrogen (secondary N) is 2. The van der Waals surface area contributed by atoms with Gasteiger partial charge in [0.1, 0.15) is 0 Å². The Balaban J connectivity index is 1.59. The molecule has 0 radical (unpaired) electrons. The molecule has 0 saturated carbocycles. The van der Waals surface area contributed by atoms with Crippen LogP contribution in [0.25, 0.3) is 0 Å². The first-order valence-electron chi connectivity index (χ1n) is 9.67. The smallest absolute Gasteiger partial charge is 0.253 e. The van der Waals surface area contributed by atoms with Crippen LogP contribution in [-0.4, -0.2) is 31.4 Å². The number of benzene rings is 2. The zero-order valence-corrected chi connectivity index (χ0v) is 15.8. The average molecular weight is 365 g/mol. The lowest BCUT2D eigenvalue weighted by Gasteiger charge is -2.33. The maximum Gasteiger partial charge on any atom is 0.253 e. The lowest BCUT2D eigenvalue weighted by atomic mass is 9.95. The van der Waals surface area contributed by atoms with E-state index >= 15 is 0 Å². The van der Waals surface area contributed by atoms with E-state index < -0.39 is 0 Å². The molecule has 1 aliphatic rings. The second kappa shape index (κ2) is 9.21. The van der Waals surface area contributed by atoms with Gasteiger partial charge >= 0.3 is 0 Å². The van der Waals surface area contributed by atoms with Gasteiger partial charge in [-0.05, 0) is 43.5 Å². The molecular weight excluding hydrogens is 338 g/mol. The number of nitrogens with zero attached hydrogens (tertiary/aromatic N) is 1. The molecule has 1 heterocycles. The quantitative estimate of drug-likeness (QED) is 0.821. The molecule has 1 aliphatic heterocycles. The summed E-state index contributed by atoms with van der Waals surface area (Å²) in [4.78, 5) is 27.4. The van der Waals surface area contributed by atoms with Gasteiger partial charge in [0.2, 0.25) is 5.91 Å². The third-order valence-electron chi connectivity index (χ3n) is 4.95. The summed E-state index contributed by atoms with van der Waals surface area (Å²) in [6.07, 6.45) is 2.50. The van der Waals surface area contributed by atoms with E-state index in [4.69, 9.17) is 0 Å². The molecule has 2 aromatic rings. The van der Waals surface area contributed by atoms with Crippen LogP contribution in [0.5, 0.6) is 0 Å². The minimum Gasteiger partial charge on any atom is -0.371 e. The Kier molecular flexibility index (Phi) is 6.47. The van der Waals surface area contributed by atoms with E-state index in [1.54, 1.807) is 12.1 Å². The van der Waals surface area contributed by atoms with Crippen LogP contribution in [0.2, 0.25) is 0 Å². The number of hydrogen-bond donors (Lipinski definition) is 2. The fourth-order valence-corrected chi connectivity index (χ4v) is 3.40. The molecule has 142 valence electrons. The van der Waals surface area contributed by atoms with Gasteiger partial charge in [-0.3, -0.25) is 9.59 Å². The van der Waals surface area contributed by atoms with Gasteiger partial charge in [-0.15, -0.1) is 0 Å². The molecule has 0 bridgehead atoms. The number of para-hydroxylation sites is 2. The average Bonchev–Trinajstić information content (AvgIpc) is 2.73. The van der Waals surface area contributed by atoms with Crippen LogP contribution in [0.1, 0.15) is 36.5 Å². The molecule has 1 saturated heterocycles. The van der Waals surface area contributed by atoms with Crippen LogP contribution < -0.4 is 15.5 Å². The summed E-state index contributed by atoms with van der Waals surface area (Å²) in [5.41, 5.74) is 2.30. The summed E-state index contributed by atoms with van der Waals surface area (Å²) in [5.74, 6) is -0.179. The third-order valence-corrected chi connectivity index (χ3v) is 4.95. The fraction of sp³-hybridized carbons (Fsp3) is 0.364. The van der Waals surface area contributed by atoms with Gasteiger partial charge in [-0.25, -0.2) is 0 Å². The molecule has 2 amide bonds. The number of rotatable bonds is 6. The minimum absolute atomic E-state index is 0.00143. The maximum atomic E-state index is 12.7. The molecular formula is C22H27N3O2. The van der Waals surface area contributed by atoms with Crippen LogP contribution in [-0.2, 0) is 4.79 Å². The third kappa shape index (κ3) is 4.88. The van der Waals surface area contributed by atoms with Gasteiger partial charge in [-0.2, -0.15) is 0 Å². The summed E-state index contributed by atoms with van der Waals surface area (Å²) in [6.45, 7) is 4.36. The zero-order valence-electron chi connectivity index (χ0n) is 15.8. The van der Waals surface area contributed by atoms with Crippen molar-refractivity contribution >= 4 is 23.2 Å². The van der Waals surface area contributed by atoms with Crippen LogP contribution >= 0.6 is 0 Å². The number of amides is 2. The summed E-state index contributed by atoms with van der Waals surface area (Å²) >= 11 is 0. The van der Waals surface area contributed by atoms with E-state index in [0.29, 0.717) is 17.8 Å². The Hall–Kier alpha value is -2.82. The number of hydrogen-bond acceptors (Lipinski definition) is 3. The first-order chi connectivity index (χ1) is 13.2. The van der Waals surface area contributed by atoms with Crippen molar-refractivity contribution < 1.29 is 9.59 Å². The van der Waals surface area contributed by atoms with Crippen molar-refractivity contribution in [2.45, 2.75) is 26.2 Å². The Bertz CT molecular complexity index is 768. The van der Waals surface area contributed by atoms with Crippen LogP contribution in [0, 0.1) is 5.92 Å². The Labute approximate surface area is 160 Å². The lowest BCUT2D eigenvalue weighted by molar-refractivity contribution is -0.120. The highest BCUT2D eigenvalue weighted by molar-refractivity contribution is 6.04. The van der Waals surface area contributed by atoms with Crippen LogP contribution in [0.3, 0.4) is 0 Å². The molecule has 5 nitrogen and oxygen atoms in total. The van der Waals surface area contributed by atoms with Gasteiger partial charge in [0.05, 0.1) is 11.3 Å². The molecule has 0 aliphatic carbocycles. The largest absolute Gasteiger partial charge is 0.371 e. The Morgan fingerprint density at radius 2 is 1.67 bits per heavy atom. The predicted octanol–water partition coefficient (Wildman–Crippen LogP) is 3.68. The Morgan fingerprint density at radius 3 is 2.37 bits per heavy atom. The molecule has 0 atom stereocenters. The van der Waals surface area contributed by atoms with Gasteiger partial charge in [-0.1, -0.05) is 37.3 Å². The molecule has 0 aromatic heterocycles. The van der Waals surface area contributed by atoms with E-state index in [9.17, 15) is 9.59 Å². The summed E-state index contributed by atoms with van der Waals surface area (Å²) in [6, 6.07) is 17.5. The highest BCUT2D eigenvalue weighted by Crippen LogP contribution is 2.25. The first-order valence-corrected chi connectivity index (χ1v) is 9.67. The van der Waals surface area contributed by atoms with Crippen molar-refractivity contribution in [3.63, 3.8) is 0 Å². The van der Waals surface area contributed by atoms with Gasteiger partial charge < -0.3 is 15.5 Å². The Morgan fingerprint density at radius 1 is 1.00 bits per heavy atom. The van der Waals surface area contributed by atoms with Gasteiger partial charge in [0.25, 0.3) is 5.91 Å². The SMILES string of the molecule is CCCNC(=O)c1ccccc1NC(=O)C1CCN(c2ccccc2)CC1. The van der Waals surface area contributed by atoms with Crippen molar-refractivity contribution in [3.05, 3.63) is 60.2 Å². The molecule has 5 heteroatoms. The number of carbonyl (C=O) groups excluding carboxylic acids is 2. The zero-order chi connectivity index (χ0) is 19.1. The van der Waals surface area contributed by atoms with Crippen molar-refractivity contribution in [1.82, 2.24) is 5.32 Å². The molecule has 0 spiro atoms. The molecule has 1 fully saturated rings. The normalized spacial score (nSPS) is 14.6. The molecule has 27 heavy (non-hydrogen) atoms. The van der Waals surface area contributed by atoms with Crippen molar-refractivity contribution in [1.29, 1.82) is 0 Å². The van der Waals surface area contributed by atoms with Gasteiger partial charge in [0.15, 0.2) is 0 Å². The minimum atomic E-state index is -0.147. The fourth-order valence-electron chi connectivity index (χ4n) is 3.40. The topological polar surface area (TPSA) is 61.4 Å². The van der Waals surface area contributed by atoms with Crippen LogP contribution in [0.4, 0.5) is 11.4 Å². The number of piperidine rings is 1. The highest BCUT2D eigenvalue weighted by Gasteiger charge is 2.26. The second-order valence-corrected chi connectivity index (χ2v) is 6.89. The standard InChI is InChI=1S/C22H27N3O2/c1-2-14-23-22(27)19-10-6-7-11-20(19)24-21(26)17-12-15-25(16-13-17)18-8-4-3-5-9-18/h3-11,17H,2,12-16H2,1H3,(H,23,27)(H,24,26). The first kappa shape index (κ1) is 19.0. The summed E-state index contributed by atoms with van der Waals surface area (Å²) < 4.78 is 0. The van der Waals surface area contributed by atoms with Crippen molar-refractivity contribution in [2.75, 3.05) is 29.9 Å². The molecule has 2 N–H and O–H groups in total. The van der Waals surface area contributed by atoms with Crippen molar-refractivity contribution in [2.24, 2.45) is 5.92 Å². The van der Waals surface area contributed by atoms with Crippen LogP contribution in [0.15, 0.2) is 54.6 Å². The summed E-state index contributed by atoms with van der Waals surface area (Å²) in [5, 5.41) is 5.84. The number of anilines is 2. The van der Waals surface area contributed by atoms with Crippen molar-refractivity contribution in [3.8, 4) is 0 Å². The monoisotopic (exact) mass is 365 g/mol. The highest BCUT2D eigenvalue weighted by atomic mass is 16.2. The van der Waals surface area contributed by atoms with Gasteiger partial charge in [0, 0.05) is 31.2 Å². The molecule has 0 unspecified atom stereocenters. The lowest BCUT2D eigenvalue weighted by Crippen LogP contribution is -2.38. The molecule has 2 aromatic carbocycles. The predicted molar refractivity (Wildman–Crippen MR) is 109 cm³/mol.